The van der Waals surface area contributed by atoms with Gasteiger partial charge in [-0.05, 0) is 44.2 Å². The van der Waals surface area contributed by atoms with Gasteiger partial charge < -0.3 is 20.9 Å². The molecule has 34 heavy (non-hydrogen) atoms. The lowest BCUT2D eigenvalue weighted by molar-refractivity contribution is -0.0231. The number of piperazine rings is 1. The molecule has 2 aliphatic carbocycles. The molecular weight excluding hydrogens is 430 g/mol. The number of rotatable bonds is 7. The molecule has 0 radical (unpaired) electrons. The second kappa shape index (κ2) is 8.66. The van der Waals surface area contributed by atoms with E-state index in [0.717, 1.165) is 74.4 Å². The van der Waals surface area contributed by atoms with Crippen molar-refractivity contribution in [2.75, 3.05) is 39.3 Å². The van der Waals surface area contributed by atoms with Crippen LogP contribution in [0.25, 0.3) is 22.3 Å². The van der Waals surface area contributed by atoms with Gasteiger partial charge in [-0.3, -0.25) is 9.58 Å². The largest absolute Gasteiger partial charge is 0.346 e. The predicted molar refractivity (Wildman–Crippen MR) is 129 cm³/mol. The molecule has 3 aromatic rings. The Morgan fingerprint density at radius 1 is 1.21 bits per heavy atom. The number of aromatic amines is 1. The molecule has 1 aliphatic heterocycles. The SMILES string of the molecule is NCC1(Cn2cc(-c3ncnc4[nH]ccc34)cn2)CC(N2CCN(C(=O)NCC3CC3)CC2)C1. The smallest absolute Gasteiger partial charge is 0.317 e. The third kappa shape index (κ3) is 4.16. The number of amides is 2. The highest BCUT2D eigenvalue weighted by atomic mass is 16.2. The fourth-order valence-electron chi connectivity index (χ4n) is 5.53. The first-order valence-corrected chi connectivity index (χ1v) is 12.4. The summed E-state index contributed by atoms with van der Waals surface area (Å²) in [5.74, 6) is 0.714. The average molecular weight is 464 g/mol. The standard InChI is InChI=1S/C24H33N9O/c25-14-24(15-33-13-18(12-30-33)21-20-3-4-26-22(20)29-16-28-21)9-19(10-24)31-5-7-32(8-6-31)23(34)27-11-17-1-2-17/h3-4,12-13,16-17,19H,1-2,5-11,14-15,25H2,(H,27,34)(H,26,28,29). The number of nitrogens with zero attached hydrogens (tertiary/aromatic N) is 6. The van der Waals surface area contributed by atoms with Gasteiger partial charge in [-0.25, -0.2) is 14.8 Å². The number of carbonyl (C=O) groups is 1. The minimum Gasteiger partial charge on any atom is -0.346 e. The Labute approximate surface area is 198 Å². The number of H-pyrrole nitrogens is 1. The van der Waals surface area contributed by atoms with E-state index in [-0.39, 0.29) is 11.4 Å². The van der Waals surface area contributed by atoms with Crippen LogP contribution in [0.5, 0.6) is 0 Å². The lowest BCUT2D eigenvalue weighted by atomic mass is 9.64. The van der Waals surface area contributed by atoms with E-state index in [9.17, 15) is 4.79 Å². The van der Waals surface area contributed by atoms with E-state index in [0.29, 0.717) is 18.5 Å². The third-order valence-corrected chi connectivity index (χ3v) is 7.89. The maximum absolute atomic E-state index is 12.4. The zero-order valence-corrected chi connectivity index (χ0v) is 19.5. The van der Waals surface area contributed by atoms with Crippen LogP contribution in [-0.4, -0.2) is 85.9 Å². The summed E-state index contributed by atoms with van der Waals surface area (Å²) in [4.78, 5) is 28.8. The normalized spacial score (nSPS) is 25.4. The highest BCUT2D eigenvalue weighted by molar-refractivity contribution is 5.89. The summed E-state index contributed by atoms with van der Waals surface area (Å²) in [6, 6.07) is 2.64. The summed E-state index contributed by atoms with van der Waals surface area (Å²) in [5.41, 5.74) is 9.05. The van der Waals surface area contributed by atoms with Gasteiger partial charge in [-0.2, -0.15) is 5.10 Å². The predicted octanol–water partition coefficient (Wildman–Crippen LogP) is 1.67. The van der Waals surface area contributed by atoms with Crippen molar-refractivity contribution in [2.45, 2.75) is 38.3 Å². The molecule has 0 atom stereocenters. The topological polar surface area (TPSA) is 121 Å². The van der Waals surface area contributed by atoms with Gasteiger partial charge in [-0.1, -0.05) is 0 Å². The van der Waals surface area contributed by atoms with E-state index in [1.165, 1.54) is 12.8 Å². The van der Waals surface area contributed by atoms with Crippen LogP contribution in [0.1, 0.15) is 25.7 Å². The fraction of sp³-hybridized carbons (Fsp3) is 0.583. The second-order valence-electron chi connectivity index (χ2n) is 10.3. The summed E-state index contributed by atoms with van der Waals surface area (Å²) >= 11 is 0. The molecule has 0 bridgehead atoms. The zero-order chi connectivity index (χ0) is 23.1. The van der Waals surface area contributed by atoms with Gasteiger partial charge in [0.1, 0.15) is 12.0 Å². The number of hydrogen-bond donors (Lipinski definition) is 3. The van der Waals surface area contributed by atoms with Gasteiger partial charge in [0, 0.05) is 74.1 Å². The van der Waals surface area contributed by atoms with Gasteiger partial charge in [-0.15, -0.1) is 0 Å². The van der Waals surface area contributed by atoms with Crippen LogP contribution < -0.4 is 11.1 Å². The quantitative estimate of drug-likeness (QED) is 0.490. The molecule has 3 fully saturated rings. The van der Waals surface area contributed by atoms with Crippen LogP contribution in [0.4, 0.5) is 4.79 Å². The van der Waals surface area contributed by atoms with Gasteiger partial charge in [0.25, 0.3) is 0 Å². The summed E-state index contributed by atoms with van der Waals surface area (Å²) in [7, 11) is 0. The molecule has 0 spiro atoms. The molecule has 10 nitrogen and oxygen atoms in total. The molecule has 2 saturated carbocycles. The van der Waals surface area contributed by atoms with Gasteiger partial charge >= 0.3 is 6.03 Å². The van der Waals surface area contributed by atoms with Crippen molar-refractivity contribution in [2.24, 2.45) is 17.1 Å². The molecule has 0 unspecified atom stereocenters. The lowest BCUT2D eigenvalue weighted by Gasteiger charge is -2.53. The van der Waals surface area contributed by atoms with Crippen molar-refractivity contribution in [3.05, 3.63) is 31.0 Å². The number of urea groups is 1. The number of aromatic nitrogens is 5. The Morgan fingerprint density at radius 2 is 2.03 bits per heavy atom. The molecule has 2 amide bonds. The van der Waals surface area contributed by atoms with Crippen LogP contribution >= 0.6 is 0 Å². The minimum atomic E-state index is 0.0712. The van der Waals surface area contributed by atoms with E-state index in [4.69, 9.17) is 5.73 Å². The maximum Gasteiger partial charge on any atom is 0.317 e. The second-order valence-corrected chi connectivity index (χ2v) is 10.3. The zero-order valence-electron chi connectivity index (χ0n) is 19.5. The van der Waals surface area contributed by atoms with Crippen LogP contribution in [0.3, 0.4) is 0 Å². The highest BCUT2D eigenvalue weighted by Gasteiger charge is 2.46. The van der Waals surface area contributed by atoms with E-state index in [1.807, 2.05) is 28.0 Å². The highest BCUT2D eigenvalue weighted by Crippen LogP contribution is 2.44. The third-order valence-electron chi connectivity index (χ3n) is 7.89. The first-order chi connectivity index (χ1) is 16.6. The van der Waals surface area contributed by atoms with Crippen molar-refractivity contribution in [1.29, 1.82) is 0 Å². The van der Waals surface area contributed by atoms with Crippen molar-refractivity contribution < 1.29 is 4.79 Å². The molecule has 6 rings (SSSR count). The number of hydrogen-bond acceptors (Lipinski definition) is 6. The molecule has 3 aromatic heterocycles. The molecule has 4 N–H and O–H groups in total. The molecule has 3 aliphatic rings. The van der Waals surface area contributed by atoms with E-state index >= 15 is 0 Å². The van der Waals surface area contributed by atoms with E-state index in [1.54, 1.807) is 6.33 Å². The first-order valence-electron chi connectivity index (χ1n) is 12.4. The van der Waals surface area contributed by atoms with E-state index in [2.05, 4.69) is 36.5 Å². The van der Waals surface area contributed by atoms with Gasteiger partial charge in [0.15, 0.2) is 0 Å². The first kappa shape index (κ1) is 21.5. The van der Waals surface area contributed by atoms with Crippen molar-refractivity contribution in [1.82, 2.24) is 39.8 Å². The Kier molecular flexibility index (Phi) is 5.49. The summed E-state index contributed by atoms with van der Waals surface area (Å²) < 4.78 is 2.02. The molecule has 4 heterocycles. The summed E-state index contributed by atoms with van der Waals surface area (Å²) in [6.07, 6.45) is 12.1. The van der Waals surface area contributed by atoms with Crippen LogP contribution in [0.15, 0.2) is 31.0 Å². The number of nitrogens with two attached hydrogens (primary N) is 1. The molecule has 1 saturated heterocycles. The van der Waals surface area contributed by atoms with E-state index < -0.39 is 0 Å². The Morgan fingerprint density at radius 3 is 2.79 bits per heavy atom. The lowest BCUT2D eigenvalue weighted by Crippen LogP contribution is -2.60. The number of carbonyl (C=O) groups excluding carboxylic acids is 1. The van der Waals surface area contributed by atoms with Crippen molar-refractivity contribution in [3.8, 4) is 11.3 Å². The van der Waals surface area contributed by atoms with Crippen LogP contribution in [0.2, 0.25) is 0 Å². The number of fused-ring (bicyclic) bond motifs is 1. The summed E-state index contributed by atoms with van der Waals surface area (Å²) in [5, 5.41) is 8.72. The summed E-state index contributed by atoms with van der Waals surface area (Å²) in [6.45, 7) is 5.78. The fourth-order valence-corrected chi connectivity index (χ4v) is 5.53. The van der Waals surface area contributed by atoms with Crippen LogP contribution in [-0.2, 0) is 6.54 Å². The van der Waals surface area contributed by atoms with Crippen LogP contribution in [0, 0.1) is 11.3 Å². The van der Waals surface area contributed by atoms with Crippen molar-refractivity contribution >= 4 is 17.1 Å². The molecule has 0 aromatic carbocycles. The maximum atomic E-state index is 12.4. The Hall–Kier alpha value is -2.98. The van der Waals surface area contributed by atoms with Crippen molar-refractivity contribution in [3.63, 3.8) is 0 Å². The molecule has 180 valence electrons. The minimum absolute atomic E-state index is 0.0712. The molecular formula is C24H33N9O. The monoisotopic (exact) mass is 463 g/mol. The number of nitrogens with one attached hydrogen (secondary N) is 2. The molecule has 10 heteroatoms. The Balaban J connectivity index is 1.03. The van der Waals surface area contributed by atoms with Gasteiger partial charge in [0.05, 0.1) is 11.9 Å². The average Bonchev–Trinajstić information content (AvgIpc) is 3.34. The Bertz CT molecular complexity index is 1150. The van der Waals surface area contributed by atoms with Gasteiger partial charge in [0.2, 0.25) is 0 Å².